The van der Waals surface area contributed by atoms with Gasteiger partial charge in [0.2, 0.25) is 0 Å². The molecule has 1 atom stereocenters. The standard InChI is InChI=1S/C13H12Cl2O2/c1-7-11(13(2,3)17-12(7)16)8-4-5-9(14)10(15)6-8/h4-6,11H,1H2,2-3H3. The van der Waals surface area contributed by atoms with Crippen LogP contribution in [-0.4, -0.2) is 11.6 Å². The fourth-order valence-corrected chi connectivity index (χ4v) is 2.50. The summed E-state index contributed by atoms with van der Waals surface area (Å²) in [7, 11) is 0. The van der Waals surface area contributed by atoms with E-state index in [4.69, 9.17) is 27.9 Å². The quantitative estimate of drug-likeness (QED) is 0.570. The van der Waals surface area contributed by atoms with E-state index in [1.165, 1.54) is 0 Å². The Morgan fingerprint density at radius 3 is 2.41 bits per heavy atom. The third kappa shape index (κ3) is 2.07. The first-order valence-corrected chi connectivity index (χ1v) is 5.95. The van der Waals surface area contributed by atoms with Crippen LogP contribution in [0.15, 0.2) is 30.4 Å². The number of halogens is 2. The van der Waals surface area contributed by atoms with Crippen LogP contribution >= 0.6 is 23.2 Å². The molecular weight excluding hydrogens is 259 g/mol. The monoisotopic (exact) mass is 270 g/mol. The van der Waals surface area contributed by atoms with E-state index >= 15 is 0 Å². The molecule has 0 aliphatic carbocycles. The van der Waals surface area contributed by atoms with Gasteiger partial charge in [-0.1, -0.05) is 35.8 Å². The molecule has 1 unspecified atom stereocenters. The van der Waals surface area contributed by atoms with Crippen LogP contribution in [0.4, 0.5) is 0 Å². The van der Waals surface area contributed by atoms with Gasteiger partial charge in [-0.2, -0.15) is 0 Å². The highest BCUT2D eigenvalue weighted by molar-refractivity contribution is 6.42. The molecule has 2 nitrogen and oxygen atoms in total. The van der Waals surface area contributed by atoms with E-state index in [1.54, 1.807) is 12.1 Å². The fraction of sp³-hybridized carbons (Fsp3) is 0.308. The van der Waals surface area contributed by atoms with E-state index in [0.29, 0.717) is 15.6 Å². The van der Waals surface area contributed by atoms with Gasteiger partial charge < -0.3 is 4.74 Å². The first-order valence-electron chi connectivity index (χ1n) is 5.20. The third-order valence-electron chi connectivity index (χ3n) is 2.94. The Labute approximate surface area is 110 Å². The van der Waals surface area contributed by atoms with Crippen LogP contribution in [0.3, 0.4) is 0 Å². The summed E-state index contributed by atoms with van der Waals surface area (Å²) in [6, 6.07) is 5.31. The molecule has 4 heteroatoms. The second-order valence-electron chi connectivity index (χ2n) is 4.62. The van der Waals surface area contributed by atoms with Gasteiger partial charge in [0, 0.05) is 5.57 Å². The van der Waals surface area contributed by atoms with Crippen molar-refractivity contribution in [1.29, 1.82) is 0 Å². The van der Waals surface area contributed by atoms with Crippen molar-refractivity contribution in [3.8, 4) is 0 Å². The highest BCUT2D eigenvalue weighted by atomic mass is 35.5. The molecular formula is C13H12Cl2O2. The Morgan fingerprint density at radius 1 is 1.29 bits per heavy atom. The molecule has 17 heavy (non-hydrogen) atoms. The van der Waals surface area contributed by atoms with Crippen LogP contribution in [0, 0.1) is 0 Å². The van der Waals surface area contributed by atoms with Crippen molar-refractivity contribution in [3.05, 3.63) is 46.0 Å². The summed E-state index contributed by atoms with van der Waals surface area (Å²) >= 11 is 11.9. The second-order valence-corrected chi connectivity index (χ2v) is 5.44. The number of rotatable bonds is 1. The Bertz CT molecular complexity index is 506. The van der Waals surface area contributed by atoms with Crippen LogP contribution < -0.4 is 0 Å². The summed E-state index contributed by atoms with van der Waals surface area (Å²) in [6.07, 6.45) is 0. The lowest BCUT2D eigenvalue weighted by Gasteiger charge is -2.25. The van der Waals surface area contributed by atoms with E-state index < -0.39 is 5.60 Å². The van der Waals surface area contributed by atoms with Crippen molar-refractivity contribution in [1.82, 2.24) is 0 Å². The van der Waals surface area contributed by atoms with Crippen molar-refractivity contribution < 1.29 is 9.53 Å². The lowest BCUT2D eigenvalue weighted by atomic mass is 9.82. The first kappa shape index (κ1) is 12.5. The minimum atomic E-state index is -0.606. The van der Waals surface area contributed by atoms with Gasteiger partial charge in [0.05, 0.1) is 16.0 Å². The van der Waals surface area contributed by atoms with Gasteiger partial charge in [0.1, 0.15) is 5.60 Å². The average molecular weight is 271 g/mol. The van der Waals surface area contributed by atoms with Crippen LogP contribution in [0.1, 0.15) is 25.3 Å². The Balaban J connectivity index is 2.48. The molecule has 0 bridgehead atoms. The predicted octanol–water partition coefficient (Wildman–Crippen LogP) is 3.97. The van der Waals surface area contributed by atoms with E-state index in [2.05, 4.69) is 6.58 Å². The number of cyclic esters (lactones) is 1. The zero-order valence-electron chi connectivity index (χ0n) is 9.59. The van der Waals surface area contributed by atoms with Gasteiger partial charge in [-0.25, -0.2) is 4.79 Å². The Morgan fingerprint density at radius 2 is 1.94 bits per heavy atom. The molecule has 0 aromatic heterocycles. The Hall–Kier alpha value is -0.990. The van der Waals surface area contributed by atoms with E-state index in [1.807, 2.05) is 19.9 Å². The molecule has 2 rings (SSSR count). The lowest BCUT2D eigenvalue weighted by Crippen LogP contribution is -2.26. The summed E-state index contributed by atoms with van der Waals surface area (Å²) in [5.41, 5.74) is 0.736. The number of hydrogen-bond donors (Lipinski definition) is 0. The molecule has 1 aromatic rings. The molecule has 0 spiro atoms. The molecule has 1 fully saturated rings. The van der Waals surface area contributed by atoms with Crippen molar-refractivity contribution in [2.24, 2.45) is 0 Å². The number of ether oxygens (including phenoxy) is 1. The third-order valence-corrected chi connectivity index (χ3v) is 3.68. The first-order chi connectivity index (χ1) is 7.83. The van der Waals surface area contributed by atoms with E-state index in [9.17, 15) is 4.79 Å². The zero-order valence-corrected chi connectivity index (χ0v) is 11.1. The van der Waals surface area contributed by atoms with Crippen LogP contribution in [-0.2, 0) is 9.53 Å². The number of esters is 1. The minimum Gasteiger partial charge on any atom is -0.455 e. The molecule has 1 saturated heterocycles. The van der Waals surface area contributed by atoms with Crippen LogP contribution in [0.5, 0.6) is 0 Å². The van der Waals surface area contributed by atoms with Crippen LogP contribution in [0.25, 0.3) is 0 Å². The van der Waals surface area contributed by atoms with Gasteiger partial charge in [-0.05, 0) is 31.5 Å². The topological polar surface area (TPSA) is 26.3 Å². The summed E-state index contributed by atoms with van der Waals surface area (Å²) in [6.45, 7) is 7.50. The van der Waals surface area contributed by atoms with Crippen molar-refractivity contribution >= 4 is 29.2 Å². The molecule has 0 amide bonds. The van der Waals surface area contributed by atoms with Crippen molar-refractivity contribution in [3.63, 3.8) is 0 Å². The molecule has 0 saturated carbocycles. The molecule has 0 N–H and O–H groups in total. The van der Waals surface area contributed by atoms with Gasteiger partial charge in [-0.15, -0.1) is 0 Å². The van der Waals surface area contributed by atoms with Gasteiger partial charge in [-0.3, -0.25) is 0 Å². The van der Waals surface area contributed by atoms with Crippen LogP contribution in [0.2, 0.25) is 10.0 Å². The summed E-state index contributed by atoms with van der Waals surface area (Å²) in [5, 5.41) is 0.955. The maximum absolute atomic E-state index is 11.5. The van der Waals surface area contributed by atoms with E-state index in [-0.39, 0.29) is 11.9 Å². The fourth-order valence-electron chi connectivity index (χ4n) is 2.20. The van der Waals surface area contributed by atoms with Crippen molar-refractivity contribution in [2.75, 3.05) is 0 Å². The average Bonchev–Trinajstić information content (AvgIpc) is 2.41. The van der Waals surface area contributed by atoms with E-state index in [0.717, 1.165) is 5.56 Å². The predicted molar refractivity (Wildman–Crippen MR) is 68.5 cm³/mol. The normalized spacial score (nSPS) is 22.7. The molecule has 0 radical (unpaired) electrons. The van der Waals surface area contributed by atoms with Gasteiger partial charge in [0.25, 0.3) is 0 Å². The van der Waals surface area contributed by atoms with Gasteiger partial charge in [0.15, 0.2) is 0 Å². The maximum atomic E-state index is 11.5. The summed E-state index contributed by atoms with van der Waals surface area (Å²) in [4.78, 5) is 11.5. The van der Waals surface area contributed by atoms with Gasteiger partial charge >= 0.3 is 5.97 Å². The maximum Gasteiger partial charge on any atom is 0.334 e. The molecule has 90 valence electrons. The number of carbonyl (C=O) groups is 1. The smallest absolute Gasteiger partial charge is 0.334 e. The SMILES string of the molecule is C=C1C(=O)OC(C)(C)C1c1ccc(Cl)c(Cl)c1. The number of hydrogen-bond acceptors (Lipinski definition) is 2. The lowest BCUT2D eigenvalue weighted by molar-refractivity contribution is -0.144. The summed E-state index contributed by atoms with van der Waals surface area (Å²) < 4.78 is 5.28. The minimum absolute atomic E-state index is 0.190. The molecule has 1 aliphatic heterocycles. The molecule has 1 heterocycles. The molecule has 1 aromatic carbocycles. The highest BCUT2D eigenvalue weighted by Crippen LogP contribution is 2.44. The zero-order chi connectivity index (χ0) is 12.8. The summed E-state index contributed by atoms with van der Waals surface area (Å²) in [5.74, 6) is -0.546. The Kier molecular flexibility index (Phi) is 2.96. The number of benzene rings is 1. The number of carbonyl (C=O) groups excluding carboxylic acids is 1. The van der Waals surface area contributed by atoms with Crippen molar-refractivity contribution in [2.45, 2.75) is 25.4 Å². The molecule has 1 aliphatic rings. The highest BCUT2D eigenvalue weighted by Gasteiger charge is 2.45. The second kappa shape index (κ2) is 4.04. The largest absolute Gasteiger partial charge is 0.455 e.